The quantitative estimate of drug-likeness (QED) is 0.753. The molecule has 18 heavy (non-hydrogen) atoms. The lowest BCUT2D eigenvalue weighted by atomic mass is 10.1. The molecule has 0 bridgehead atoms. The molecular weight excluding hydrogens is 234 g/mol. The van der Waals surface area contributed by atoms with Crippen molar-refractivity contribution in [1.82, 2.24) is 5.32 Å². The fraction of sp³-hybridized carbons (Fsp3) is 0.385. The van der Waals surface area contributed by atoms with Crippen molar-refractivity contribution >= 4 is 11.9 Å². The van der Waals surface area contributed by atoms with Crippen LogP contribution in [0.15, 0.2) is 18.2 Å². The second-order valence-electron chi connectivity index (χ2n) is 3.94. The number of carboxylic acid groups (broad SMARTS) is 1. The minimum atomic E-state index is -0.860. The predicted molar refractivity (Wildman–Crippen MR) is 66.9 cm³/mol. The molecule has 1 rings (SSSR count). The van der Waals surface area contributed by atoms with E-state index in [1.54, 1.807) is 19.2 Å². The second kappa shape index (κ2) is 6.64. The number of rotatable bonds is 6. The maximum atomic E-state index is 11.8. The van der Waals surface area contributed by atoms with Gasteiger partial charge in [-0.05, 0) is 31.0 Å². The molecule has 0 spiro atoms. The van der Waals surface area contributed by atoms with Gasteiger partial charge in [-0.25, -0.2) is 0 Å². The third-order valence-electron chi connectivity index (χ3n) is 2.52. The third kappa shape index (κ3) is 4.08. The van der Waals surface area contributed by atoms with Crippen LogP contribution in [0.4, 0.5) is 0 Å². The summed E-state index contributed by atoms with van der Waals surface area (Å²) >= 11 is 0. The van der Waals surface area contributed by atoms with Crippen molar-refractivity contribution in [2.24, 2.45) is 0 Å². The van der Waals surface area contributed by atoms with Crippen molar-refractivity contribution in [3.05, 3.63) is 29.3 Å². The first-order chi connectivity index (χ1) is 8.54. The lowest BCUT2D eigenvalue weighted by Gasteiger charge is -2.08. The summed E-state index contributed by atoms with van der Waals surface area (Å²) in [5.41, 5.74) is 1.47. The van der Waals surface area contributed by atoms with Crippen LogP contribution in [0.3, 0.4) is 0 Å². The number of hydrogen-bond acceptors (Lipinski definition) is 3. The number of carbonyl (C=O) groups excluding carboxylic acids is 1. The number of methoxy groups -OCH3 is 1. The largest absolute Gasteiger partial charge is 0.496 e. The van der Waals surface area contributed by atoms with Crippen LogP contribution >= 0.6 is 0 Å². The molecule has 0 aliphatic rings. The van der Waals surface area contributed by atoms with E-state index in [1.165, 1.54) is 0 Å². The molecule has 0 unspecified atom stereocenters. The Morgan fingerprint density at radius 3 is 2.72 bits per heavy atom. The van der Waals surface area contributed by atoms with E-state index in [9.17, 15) is 9.59 Å². The first-order valence-corrected chi connectivity index (χ1v) is 5.69. The van der Waals surface area contributed by atoms with Crippen LogP contribution in [0, 0.1) is 6.92 Å². The van der Waals surface area contributed by atoms with Crippen LogP contribution in [0.5, 0.6) is 5.75 Å². The first-order valence-electron chi connectivity index (χ1n) is 5.69. The first kappa shape index (κ1) is 14.0. The molecule has 1 aromatic carbocycles. The Kier molecular flexibility index (Phi) is 5.17. The summed E-state index contributed by atoms with van der Waals surface area (Å²) in [6, 6.07) is 5.19. The molecule has 1 aromatic rings. The molecule has 0 aromatic heterocycles. The summed E-state index contributed by atoms with van der Waals surface area (Å²) in [5, 5.41) is 11.1. The molecule has 0 saturated heterocycles. The zero-order valence-electron chi connectivity index (χ0n) is 10.5. The Labute approximate surface area is 106 Å². The lowest BCUT2D eigenvalue weighted by Crippen LogP contribution is -2.24. The maximum Gasteiger partial charge on any atom is 0.303 e. The molecule has 0 heterocycles. The van der Waals surface area contributed by atoms with E-state index >= 15 is 0 Å². The number of amides is 1. The topological polar surface area (TPSA) is 75.6 Å². The smallest absolute Gasteiger partial charge is 0.303 e. The van der Waals surface area contributed by atoms with Crippen molar-refractivity contribution in [3.8, 4) is 5.75 Å². The van der Waals surface area contributed by atoms with Gasteiger partial charge in [0.1, 0.15) is 5.75 Å². The fourth-order valence-corrected chi connectivity index (χ4v) is 1.50. The van der Waals surface area contributed by atoms with Crippen molar-refractivity contribution in [1.29, 1.82) is 0 Å². The lowest BCUT2D eigenvalue weighted by molar-refractivity contribution is -0.137. The number of ether oxygens (including phenoxy) is 1. The molecule has 0 aliphatic heterocycles. The fourth-order valence-electron chi connectivity index (χ4n) is 1.50. The van der Waals surface area contributed by atoms with Gasteiger partial charge in [0, 0.05) is 18.5 Å². The Hall–Kier alpha value is -2.04. The Morgan fingerprint density at radius 2 is 2.11 bits per heavy atom. The molecule has 98 valence electrons. The molecule has 0 atom stereocenters. The van der Waals surface area contributed by atoms with Crippen LogP contribution in [-0.2, 0) is 4.79 Å². The van der Waals surface area contributed by atoms with E-state index in [0.29, 0.717) is 24.3 Å². The average molecular weight is 251 g/mol. The number of carbonyl (C=O) groups is 2. The monoisotopic (exact) mass is 251 g/mol. The van der Waals surface area contributed by atoms with Gasteiger partial charge in [-0.2, -0.15) is 0 Å². The average Bonchev–Trinajstić information content (AvgIpc) is 2.34. The standard InChI is InChI=1S/C13H17NO4/c1-9-5-6-10(8-11(9)18-2)13(17)14-7-3-4-12(15)16/h5-6,8H,3-4,7H2,1-2H3,(H,14,17)(H,15,16). The van der Waals surface area contributed by atoms with E-state index in [4.69, 9.17) is 9.84 Å². The van der Waals surface area contributed by atoms with Crippen molar-refractivity contribution in [3.63, 3.8) is 0 Å². The second-order valence-corrected chi connectivity index (χ2v) is 3.94. The Morgan fingerprint density at radius 1 is 1.39 bits per heavy atom. The minimum Gasteiger partial charge on any atom is -0.496 e. The Bertz CT molecular complexity index is 443. The van der Waals surface area contributed by atoms with Gasteiger partial charge in [-0.3, -0.25) is 9.59 Å². The van der Waals surface area contributed by atoms with Gasteiger partial charge < -0.3 is 15.2 Å². The van der Waals surface area contributed by atoms with Crippen molar-refractivity contribution in [2.45, 2.75) is 19.8 Å². The van der Waals surface area contributed by atoms with E-state index in [1.807, 2.05) is 13.0 Å². The molecular formula is C13H17NO4. The predicted octanol–water partition coefficient (Wildman–Crippen LogP) is 1.60. The highest BCUT2D eigenvalue weighted by molar-refractivity contribution is 5.94. The van der Waals surface area contributed by atoms with Gasteiger partial charge in [0.15, 0.2) is 0 Å². The number of carboxylic acids is 1. The molecule has 0 aliphatic carbocycles. The normalized spacial score (nSPS) is 9.89. The number of nitrogens with one attached hydrogen (secondary N) is 1. The van der Waals surface area contributed by atoms with Crippen LogP contribution in [0.25, 0.3) is 0 Å². The van der Waals surface area contributed by atoms with Gasteiger partial charge in [0.2, 0.25) is 0 Å². The van der Waals surface area contributed by atoms with Gasteiger partial charge in [-0.1, -0.05) is 6.07 Å². The SMILES string of the molecule is COc1cc(C(=O)NCCCC(=O)O)ccc1C. The molecule has 1 amide bonds. The van der Waals surface area contributed by atoms with E-state index in [-0.39, 0.29) is 12.3 Å². The summed E-state index contributed by atoms with van der Waals surface area (Å²) in [6.07, 6.45) is 0.474. The summed E-state index contributed by atoms with van der Waals surface area (Å²) in [6.45, 7) is 2.24. The minimum absolute atomic E-state index is 0.0531. The molecule has 5 nitrogen and oxygen atoms in total. The number of benzene rings is 1. The summed E-state index contributed by atoms with van der Waals surface area (Å²) in [7, 11) is 1.55. The highest BCUT2D eigenvalue weighted by Crippen LogP contribution is 2.18. The van der Waals surface area contributed by atoms with Crippen LogP contribution in [0.2, 0.25) is 0 Å². The maximum absolute atomic E-state index is 11.8. The van der Waals surface area contributed by atoms with Crippen molar-refractivity contribution in [2.75, 3.05) is 13.7 Å². The van der Waals surface area contributed by atoms with E-state index in [2.05, 4.69) is 5.32 Å². The molecule has 0 radical (unpaired) electrons. The van der Waals surface area contributed by atoms with E-state index < -0.39 is 5.97 Å². The number of hydrogen-bond donors (Lipinski definition) is 2. The third-order valence-corrected chi connectivity index (χ3v) is 2.52. The summed E-state index contributed by atoms with van der Waals surface area (Å²) < 4.78 is 5.14. The van der Waals surface area contributed by atoms with Gasteiger partial charge in [-0.15, -0.1) is 0 Å². The van der Waals surface area contributed by atoms with Crippen LogP contribution in [0.1, 0.15) is 28.8 Å². The zero-order chi connectivity index (χ0) is 13.5. The highest BCUT2D eigenvalue weighted by atomic mass is 16.5. The summed E-state index contributed by atoms with van der Waals surface area (Å²) in [5.74, 6) is -0.423. The van der Waals surface area contributed by atoms with Crippen LogP contribution in [-0.4, -0.2) is 30.6 Å². The van der Waals surface area contributed by atoms with Crippen molar-refractivity contribution < 1.29 is 19.4 Å². The van der Waals surface area contributed by atoms with E-state index in [0.717, 1.165) is 5.56 Å². The molecule has 2 N–H and O–H groups in total. The van der Waals surface area contributed by atoms with Gasteiger partial charge in [0.05, 0.1) is 7.11 Å². The summed E-state index contributed by atoms with van der Waals surface area (Å²) in [4.78, 5) is 22.1. The van der Waals surface area contributed by atoms with Gasteiger partial charge >= 0.3 is 5.97 Å². The molecule has 0 fully saturated rings. The Balaban J connectivity index is 2.53. The van der Waals surface area contributed by atoms with Gasteiger partial charge in [0.25, 0.3) is 5.91 Å². The molecule has 5 heteroatoms. The van der Waals surface area contributed by atoms with Crippen LogP contribution < -0.4 is 10.1 Å². The zero-order valence-corrected chi connectivity index (χ0v) is 10.5. The number of aliphatic carboxylic acids is 1. The number of aryl methyl sites for hydroxylation is 1. The molecule has 0 saturated carbocycles. The highest BCUT2D eigenvalue weighted by Gasteiger charge is 2.08.